The predicted octanol–water partition coefficient (Wildman–Crippen LogP) is 10.6. The molecule has 0 aliphatic heterocycles. The fourth-order valence-electron chi connectivity index (χ4n) is 8.97. The molecule has 0 N–H and O–H groups in total. The Morgan fingerprint density at radius 1 is 0.477 bits per heavy atom. The largest absolute Gasteiger partial charge is 0.497 e. The Labute approximate surface area is 259 Å². The van der Waals surface area contributed by atoms with E-state index in [-0.39, 0.29) is 5.41 Å². The Balaban J connectivity index is 1.28. The van der Waals surface area contributed by atoms with Gasteiger partial charge in [-0.25, -0.2) is 0 Å². The van der Waals surface area contributed by atoms with Gasteiger partial charge >= 0.3 is 0 Å². The lowest BCUT2D eigenvalue weighted by Crippen LogP contribution is -2.24. The van der Waals surface area contributed by atoms with Crippen LogP contribution in [0.2, 0.25) is 0 Å². The summed E-state index contributed by atoms with van der Waals surface area (Å²) in [5, 5.41) is 0. The van der Waals surface area contributed by atoms with Gasteiger partial charge in [0.1, 0.15) is 5.75 Å². The van der Waals surface area contributed by atoms with Gasteiger partial charge in [0.25, 0.3) is 0 Å². The van der Waals surface area contributed by atoms with E-state index < -0.39 is 0 Å². The Bertz CT molecular complexity index is 2020. The first-order valence-electron chi connectivity index (χ1n) is 15.6. The lowest BCUT2D eigenvalue weighted by atomic mass is 9.70. The molecule has 0 saturated carbocycles. The van der Waals surface area contributed by atoms with Gasteiger partial charge in [0.05, 0.1) is 12.8 Å². The molecule has 0 bridgehead atoms. The van der Waals surface area contributed by atoms with Crippen molar-refractivity contribution >= 4 is 17.1 Å². The minimum atomic E-state index is 0.0502. The van der Waals surface area contributed by atoms with Gasteiger partial charge in [0.2, 0.25) is 0 Å². The highest BCUT2D eigenvalue weighted by atomic mass is 16.5. The van der Waals surface area contributed by atoms with Crippen molar-refractivity contribution in [1.82, 2.24) is 0 Å². The molecule has 0 fully saturated rings. The average Bonchev–Trinajstić information content (AvgIpc) is 3.62. The molecule has 4 atom stereocenters. The molecule has 3 aliphatic rings. The van der Waals surface area contributed by atoms with Crippen molar-refractivity contribution in [3.8, 4) is 16.9 Å². The summed E-state index contributed by atoms with van der Waals surface area (Å²) in [5.41, 5.74) is 14.9. The van der Waals surface area contributed by atoms with Gasteiger partial charge in [-0.1, -0.05) is 110 Å². The molecule has 6 aromatic rings. The highest BCUT2D eigenvalue weighted by molar-refractivity contribution is 5.84. The molecule has 3 aliphatic carbocycles. The van der Waals surface area contributed by atoms with Crippen LogP contribution in [0, 0.1) is 5.41 Å². The molecule has 0 amide bonds. The van der Waals surface area contributed by atoms with E-state index in [4.69, 9.17) is 4.74 Å². The molecule has 2 nitrogen and oxygen atoms in total. The second-order valence-electron chi connectivity index (χ2n) is 12.6. The molecule has 0 aromatic heterocycles. The molecule has 2 heteroatoms. The van der Waals surface area contributed by atoms with Gasteiger partial charge < -0.3 is 9.64 Å². The maximum Gasteiger partial charge on any atom is 0.119 e. The van der Waals surface area contributed by atoms with Crippen LogP contribution in [0.25, 0.3) is 11.1 Å². The van der Waals surface area contributed by atoms with E-state index in [1.54, 1.807) is 7.11 Å². The third-order valence-electron chi connectivity index (χ3n) is 10.6. The number of benzene rings is 6. The van der Waals surface area contributed by atoms with Crippen LogP contribution in [-0.2, 0) is 0 Å². The number of fused-ring (bicyclic) bond motifs is 9. The second kappa shape index (κ2) is 9.46. The summed E-state index contributed by atoms with van der Waals surface area (Å²) in [6, 6.07) is 53.6. The van der Waals surface area contributed by atoms with E-state index >= 15 is 0 Å². The highest BCUT2D eigenvalue weighted by Gasteiger charge is 2.65. The second-order valence-corrected chi connectivity index (χ2v) is 12.6. The first-order chi connectivity index (χ1) is 21.7. The van der Waals surface area contributed by atoms with Crippen molar-refractivity contribution in [3.05, 3.63) is 179 Å². The van der Waals surface area contributed by atoms with E-state index in [9.17, 15) is 0 Å². The van der Waals surface area contributed by atoms with Gasteiger partial charge in [0, 0.05) is 34.5 Å². The van der Waals surface area contributed by atoms with E-state index in [1.165, 1.54) is 50.2 Å². The van der Waals surface area contributed by atoms with Crippen molar-refractivity contribution in [2.24, 2.45) is 5.41 Å². The van der Waals surface area contributed by atoms with Crippen LogP contribution in [0.15, 0.2) is 146 Å². The average molecular weight is 568 g/mol. The Kier molecular flexibility index (Phi) is 5.47. The van der Waals surface area contributed by atoms with Gasteiger partial charge in [0.15, 0.2) is 0 Å². The number of nitrogens with zero attached hydrogens (tertiary/aromatic N) is 1. The minimum Gasteiger partial charge on any atom is -0.497 e. The number of ether oxygens (including phenoxy) is 1. The lowest BCUT2D eigenvalue weighted by Gasteiger charge is -2.33. The highest BCUT2D eigenvalue weighted by Crippen LogP contribution is 2.76. The SMILES string of the molecule is COc1ccc(N(c2ccc(-c3ccccc3)cc2)c2cccc3c2C2c4ccccc4C4c5ccccc5C3C42C)cc1. The molecular weight excluding hydrogens is 534 g/mol. The third kappa shape index (κ3) is 3.37. The van der Waals surface area contributed by atoms with E-state index in [2.05, 4.69) is 157 Å². The predicted molar refractivity (Wildman–Crippen MR) is 180 cm³/mol. The normalized spacial score (nSPS) is 21.7. The summed E-state index contributed by atoms with van der Waals surface area (Å²) >= 11 is 0. The maximum atomic E-state index is 5.56. The van der Waals surface area contributed by atoms with Crippen LogP contribution in [-0.4, -0.2) is 7.11 Å². The number of methoxy groups -OCH3 is 1. The standard InChI is InChI=1S/C42H33NO/c1-42-39-32-13-6-7-14-33(32)40(42)36-17-10-18-37(38(36)41(42)35-16-9-8-15-34(35)39)43(30-23-25-31(44-2)26-24-30)29-21-19-28(20-22-29)27-11-4-3-5-12-27/h3-26,39-41H,1-2H3. The van der Waals surface area contributed by atoms with Crippen molar-refractivity contribution in [3.63, 3.8) is 0 Å². The number of hydrogen-bond acceptors (Lipinski definition) is 2. The zero-order valence-electron chi connectivity index (χ0n) is 24.9. The zero-order chi connectivity index (χ0) is 29.4. The molecule has 0 spiro atoms. The Hall–Kier alpha value is -5.08. The summed E-state index contributed by atoms with van der Waals surface area (Å²) in [5.74, 6) is 1.91. The molecule has 0 saturated heterocycles. The minimum absolute atomic E-state index is 0.0502. The number of hydrogen-bond donors (Lipinski definition) is 0. The molecule has 212 valence electrons. The summed E-state index contributed by atoms with van der Waals surface area (Å²) in [6.45, 7) is 2.56. The van der Waals surface area contributed by atoms with Crippen LogP contribution < -0.4 is 9.64 Å². The zero-order valence-corrected chi connectivity index (χ0v) is 24.9. The fourth-order valence-corrected chi connectivity index (χ4v) is 8.97. The third-order valence-corrected chi connectivity index (χ3v) is 10.6. The van der Waals surface area contributed by atoms with Crippen LogP contribution in [0.4, 0.5) is 17.1 Å². The molecule has 0 radical (unpaired) electrons. The van der Waals surface area contributed by atoms with Gasteiger partial charge in [-0.2, -0.15) is 0 Å². The lowest BCUT2D eigenvalue weighted by molar-refractivity contribution is 0.288. The molecule has 6 aromatic carbocycles. The molecule has 0 heterocycles. The Morgan fingerprint density at radius 3 is 1.55 bits per heavy atom. The topological polar surface area (TPSA) is 12.5 Å². The van der Waals surface area contributed by atoms with Gasteiger partial charge in [-0.05, 0) is 87.0 Å². The van der Waals surface area contributed by atoms with Gasteiger partial charge in [-0.3, -0.25) is 0 Å². The van der Waals surface area contributed by atoms with E-state index in [0.717, 1.165) is 17.1 Å². The van der Waals surface area contributed by atoms with Gasteiger partial charge in [-0.15, -0.1) is 0 Å². The van der Waals surface area contributed by atoms with Crippen molar-refractivity contribution in [2.75, 3.05) is 12.0 Å². The quantitative estimate of drug-likeness (QED) is 0.205. The number of anilines is 3. The van der Waals surface area contributed by atoms with Crippen LogP contribution >= 0.6 is 0 Å². The Morgan fingerprint density at radius 2 is 0.955 bits per heavy atom. The summed E-state index contributed by atoms with van der Waals surface area (Å²) in [6.07, 6.45) is 0. The summed E-state index contributed by atoms with van der Waals surface area (Å²) < 4.78 is 5.56. The first-order valence-corrected chi connectivity index (χ1v) is 15.6. The van der Waals surface area contributed by atoms with E-state index in [1.807, 2.05) is 0 Å². The van der Waals surface area contributed by atoms with Crippen molar-refractivity contribution in [2.45, 2.75) is 24.7 Å². The van der Waals surface area contributed by atoms with Crippen LogP contribution in [0.5, 0.6) is 5.75 Å². The fraction of sp³-hybridized carbons (Fsp3) is 0.143. The van der Waals surface area contributed by atoms with Crippen molar-refractivity contribution < 1.29 is 4.74 Å². The molecule has 9 rings (SSSR count). The molecular formula is C42H33NO. The van der Waals surface area contributed by atoms with Crippen molar-refractivity contribution in [1.29, 1.82) is 0 Å². The molecule has 4 unspecified atom stereocenters. The van der Waals surface area contributed by atoms with E-state index in [0.29, 0.717) is 17.8 Å². The monoisotopic (exact) mass is 567 g/mol. The summed E-state index contributed by atoms with van der Waals surface area (Å²) in [7, 11) is 1.73. The maximum absolute atomic E-state index is 5.56. The molecule has 44 heavy (non-hydrogen) atoms. The number of rotatable bonds is 5. The first kappa shape index (κ1) is 25.4. The van der Waals surface area contributed by atoms with Crippen LogP contribution in [0.1, 0.15) is 58.1 Å². The van der Waals surface area contributed by atoms with Crippen LogP contribution in [0.3, 0.4) is 0 Å². The smallest absolute Gasteiger partial charge is 0.119 e. The summed E-state index contributed by atoms with van der Waals surface area (Å²) in [4.78, 5) is 2.46.